The third-order valence-corrected chi connectivity index (χ3v) is 3.31. The van der Waals surface area contributed by atoms with Gasteiger partial charge in [-0.1, -0.05) is 6.07 Å². The van der Waals surface area contributed by atoms with Crippen molar-refractivity contribution in [2.24, 2.45) is 0 Å². The molecule has 0 saturated heterocycles. The highest BCUT2D eigenvalue weighted by Gasteiger charge is 2.10. The Hall–Kier alpha value is -3.37. The number of hydrogen-bond donors (Lipinski definition) is 3. The molecule has 0 saturated carbocycles. The largest absolute Gasteiger partial charge is 0.426 e. The molecule has 0 spiro atoms. The summed E-state index contributed by atoms with van der Waals surface area (Å²) in [4.78, 5) is 22.1. The van der Waals surface area contributed by atoms with Gasteiger partial charge in [0.15, 0.2) is 5.69 Å². The van der Waals surface area contributed by atoms with Crippen LogP contribution in [0.15, 0.2) is 36.4 Å². The molecule has 1 heterocycles. The summed E-state index contributed by atoms with van der Waals surface area (Å²) in [7, 11) is 0. The van der Waals surface area contributed by atoms with E-state index < -0.39 is 5.91 Å². The number of rotatable bonds is 3. The number of amides is 1. The van der Waals surface area contributed by atoms with E-state index in [4.69, 9.17) is 16.5 Å². The van der Waals surface area contributed by atoms with Crippen molar-refractivity contribution in [3.63, 3.8) is 0 Å². The second-order valence-electron chi connectivity index (χ2n) is 4.88. The number of nitrogens with one attached hydrogen (secondary N) is 2. The number of aromatic amines is 1. The minimum atomic E-state index is -0.627. The molecule has 3 rings (SSSR count). The Bertz CT molecular complexity index is 940. The van der Waals surface area contributed by atoms with Crippen molar-refractivity contribution in [1.29, 1.82) is 0 Å². The molecule has 0 radical (unpaired) electrons. The lowest BCUT2D eigenvalue weighted by Crippen LogP contribution is -2.18. The average molecular weight is 308 g/mol. The highest BCUT2D eigenvalue weighted by Crippen LogP contribution is 2.28. The third-order valence-electron chi connectivity index (χ3n) is 3.31. The number of fused-ring (bicyclic) bond motifs is 1. The maximum absolute atomic E-state index is 11.4. The van der Waals surface area contributed by atoms with Crippen LogP contribution in [0, 0.1) is 13.5 Å². The summed E-state index contributed by atoms with van der Waals surface area (Å²) < 4.78 is 5.61. The van der Waals surface area contributed by atoms with Crippen molar-refractivity contribution in [1.82, 2.24) is 15.4 Å². The van der Waals surface area contributed by atoms with Gasteiger partial charge in [0, 0.05) is 5.56 Å². The van der Waals surface area contributed by atoms with Crippen molar-refractivity contribution >= 4 is 22.6 Å². The normalized spacial score (nSPS) is 10.3. The van der Waals surface area contributed by atoms with E-state index in [0.717, 1.165) is 11.1 Å². The highest BCUT2D eigenvalue weighted by atomic mass is 16.5. The smallest absolute Gasteiger partial charge is 0.300 e. The van der Waals surface area contributed by atoms with E-state index in [2.05, 4.69) is 14.8 Å². The van der Waals surface area contributed by atoms with E-state index in [-0.39, 0.29) is 11.6 Å². The third kappa shape index (κ3) is 2.84. The van der Waals surface area contributed by atoms with Crippen molar-refractivity contribution in [2.75, 3.05) is 0 Å². The van der Waals surface area contributed by atoms with Gasteiger partial charge in [-0.3, -0.25) is 10.0 Å². The topological polar surface area (TPSA) is 91.6 Å². The Morgan fingerprint density at radius 3 is 2.96 bits per heavy atom. The number of carbonyl (C=O) groups excluding carboxylic acids is 1. The van der Waals surface area contributed by atoms with Crippen LogP contribution in [-0.4, -0.2) is 21.1 Å². The lowest BCUT2D eigenvalue weighted by molar-refractivity contribution is 0.0706. The van der Waals surface area contributed by atoms with E-state index in [1.807, 2.05) is 13.0 Å². The van der Waals surface area contributed by atoms with Gasteiger partial charge in [-0.2, -0.15) is 4.98 Å². The minimum absolute atomic E-state index is 0.253. The fraction of sp³-hybridized carbons (Fsp3) is 0.0625. The summed E-state index contributed by atoms with van der Waals surface area (Å²) >= 11 is 0. The van der Waals surface area contributed by atoms with Crippen LogP contribution < -0.4 is 10.2 Å². The SMILES string of the molecule is [C-]#[N+]c1cc2nc(Oc3cccc(C(=O)NO)c3)[nH]c2cc1C. The predicted octanol–water partition coefficient (Wildman–Crippen LogP) is 3.33. The average Bonchev–Trinajstić information content (AvgIpc) is 2.94. The van der Waals surface area contributed by atoms with Gasteiger partial charge in [0.2, 0.25) is 0 Å². The number of aryl methyl sites for hydroxylation is 1. The molecule has 0 aliphatic carbocycles. The maximum Gasteiger partial charge on any atom is 0.300 e. The molecule has 3 aromatic rings. The zero-order valence-electron chi connectivity index (χ0n) is 12.1. The summed E-state index contributed by atoms with van der Waals surface area (Å²) in [5.41, 5.74) is 4.60. The summed E-state index contributed by atoms with van der Waals surface area (Å²) in [6.45, 7) is 8.98. The van der Waals surface area contributed by atoms with Gasteiger partial charge in [0.05, 0.1) is 17.6 Å². The number of benzene rings is 2. The van der Waals surface area contributed by atoms with Gasteiger partial charge in [-0.15, -0.1) is 0 Å². The number of aromatic nitrogens is 2. The first kappa shape index (κ1) is 14.6. The van der Waals surface area contributed by atoms with Crippen molar-refractivity contribution in [2.45, 2.75) is 6.92 Å². The van der Waals surface area contributed by atoms with Crippen LogP contribution in [0.25, 0.3) is 15.9 Å². The van der Waals surface area contributed by atoms with Crippen LogP contribution in [0.1, 0.15) is 15.9 Å². The minimum Gasteiger partial charge on any atom is -0.426 e. The Kier molecular flexibility index (Phi) is 3.66. The first-order valence-electron chi connectivity index (χ1n) is 6.71. The number of carbonyl (C=O) groups is 1. The molecule has 0 aliphatic heterocycles. The van der Waals surface area contributed by atoms with Gasteiger partial charge in [0.1, 0.15) is 5.75 Å². The van der Waals surface area contributed by atoms with Crippen LogP contribution in [-0.2, 0) is 0 Å². The molecular formula is C16H12N4O3. The molecule has 0 unspecified atom stereocenters. The number of hydroxylamine groups is 1. The number of nitrogens with zero attached hydrogens (tertiary/aromatic N) is 2. The second kappa shape index (κ2) is 5.79. The Balaban J connectivity index is 1.93. The molecule has 1 amide bonds. The van der Waals surface area contributed by atoms with E-state index in [1.165, 1.54) is 6.07 Å². The zero-order chi connectivity index (χ0) is 16.4. The predicted molar refractivity (Wildman–Crippen MR) is 82.9 cm³/mol. The van der Waals surface area contributed by atoms with Crippen molar-refractivity contribution < 1.29 is 14.7 Å². The number of hydrogen-bond acceptors (Lipinski definition) is 4. The fourth-order valence-corrected chi connectivity index (χ4v) is 2.18. The molecule has 2 aromatic carbocycles. The van der Waals surface area contributed by atoms with Crippen LogP contribution >= 0.6 is 0 Å². The Morgan fingerprint density at radius 1 is 1.39 bits per heavy atom. The van der Waals surface area contributed by atoms with Crippen molar-refractivity contribution in [3.8, 4) is 11.8 Å². The molecule has 7 heteroatoms. The first-order valence-corrected chi connectivity index (χ1v) is 6.71. The first-order chi connectivity index (χ1) is 11.1. The number of H-pyrrole nitrogens is 1. The monoisotopic (exact) mass is 308 g/mol. The standard InChI is InChI=1S/C16H12N4O3/c1-9-6-13-14(8-12(9)17-2)19-16(18-13)23-11-5-3-4-10(7-11)15(21)20-22/h3-8,22H,1H3,(H,18,19)(H,20,21). The quantitative estimate of drug-likeness (QED) is 0.393. The lowest BCUT2D eigenvalue weighted by atomic mass is 10.2. The molecule has 0 bridgehead atoms. The lowest BCUT2D eigenvalue weighted by Gasteiger charge is -2.03. The molecule has 1 aromatic heterocycles. The van der Waals surface area contributed by atoms with Gasteiger partial charge in [-0.25, -0.2) is 10.3 Å². The molecule has 7 nitrogen and oxygen atoms in total. The van der Waals surface area contributed by atoms with Gasteiger partial charge in [-0.05, 0) is 42.8 Å². The summed E-state index contributed by atoms with van der Waals surface area (Å²) in [5.74, 6) is -0.232. The molecule has 3 N–H and O–H groups in total. The van der Waals surface area contributed by atoms with Crippen LogP contribution in [0.2, 0.25) is 0 Å². The van der Waals surface area contributed by atoms with Gasteiger partial charge < -0.3 is 9.72 Å². The summed E-state index contributed by atoms with van der Waals surface area (Å²) in [6, 6.07) is 10.1. The van der Waals surface area contributed by atoms with E-state index in [0.29, 0.717) is 17.0 Å². The molecule has 114 valence electrons. The van der Waals surface area contributed by atoms with Crippen LogP contribution in [0.3, 0.4) is 0 Å². The van der Waals surface area contributed by atoms with Gasteiger partial charge >= 0.3 is 0 Å². The van der Waals surface area contributed by atoms with E-state index in [9.17, 15) is 4.79 Å². The summed E-state index contributed by atoms with van der Waals surface area (Å²) in [6.07, 6.45) is 0. The fourth-order valence-electron chi connectivity index (χ4n) is 2.18. The van der Waals surface area contributed by atoms with Gasteiger partial charge in [0.25, 0.3) is 11.9 Å². The molecule has 0 fully saturated rings. The Labute approximate surface area is 131 Å². The molecule has 0 aliphatic rings. The highest BCUT2D eigenvalue weighted by molar-refractivity contribution is 5.93. The number of imidazole rings is 1. The number of ether oxygens (including phenoxy) is 1. The molecule has 23 heavy (non-hydrogen) atoms. The van der Waals surface area contributed by atoms with Crippen LogP contribution in [0.4, 0.5) is 5.69 Å². The zero-order valence-corrected chi connectivity index (χ0v) is 12.1. The molecule has 0 atom stereocenters. The second-order valence-corrected chi connectivity index (χ2v) is 4.88. The Morgan fingerprint density at radius 2 is 2.22 bits per heavy atom. The van der Waals surface area contributed by atoms with E-state index >= 15 is 0 Å². The molecular weight excluding hydrogens is 296 g/mol. The van der Waals surface area contributed by atoms with Crippen LogP contribution in [0.5, 0.6) is 11.8 Å². The summed E-state index contributed by atoms with van der Waals surface area (Å²) in [5, 5.41) is 8.66. The van der Waals surface area contributed by atoms with Crippen molar-refractivity contribution in [3.05, 3.63) is 58.9 Å². The van der Waals surface area contributed by atoms with E-state index in [1.54, 1.807) is 29.7 Å². The maximum atomic E-state index is 11.4.